The van der Waals surface area contributed by atoms with Gasteiger partial charge in [0.25, 0.3) is 0 Å². The summed E-state index contributed by atoms with van der Waals surface area (Å²) in [4.78, 5) is 24.9. The number of pyridine rings is 1. The molecule has 3 aromatic rings. The molecule has 3 heterocycles. The summed E-state index contributed by atoms with van der Waals surface area (Å²) in [6.07, 6.45) is 8.20. The molecule has 0 spiro atoms. The first-order valence-electron chi connectivity index (χ1n) is 12.0. The lowest BCUT2D eigenvalue weighted by Crippen LogP contribution is -2.30. The highest BCUT2D eigenvalue weighted by molar-refractivity contribution is 6.29. The highest BCUT2D eigenvalue weighted by Gasteiger charge is 2.26. The third kappa shape index (κ3) is 6.07. The minimum atomic E-state index is -0.733. The summed E-state index contributed by atoms with van der Waals surface area (Å²) in [5.41, 5.74) is 0.456. The largest absolute Gasteiger partial charge is 0.460 e. The van der Waals surface area contributed by atoms with Crippen molar-refractivity contribution in [2.24, 2.45) is 5.92 Å². The number of hydrogen-bond donors (Lipinski definition) is 1. The van der Waals surface area contributed by atoms with Gasteiger partial charge in [0.15, 0.2) is 16.8 Å². The third-order valence-corrected chi connectivity index (χ3v) is 6.88. The molecule has 1 aliphatic carbocycles. The standard InChI is InChI=1S/C25H30ClF2N5O2/c1-4-25(2,3)35-20(34)11-8-15-6-5-7-17(12-15)30-24-21(28)22(26)31-23(32-24)18-13-29-19-10-9-16(27)14-33(18)19/h9-10,13-15,17H,4-8,11-12H2,1-3H3,(H,30,31,32). The monoisotopic (exact) mass is 505 g/mol. The lowest BCUT2D eigenvalue weighted by molar-refractivity contribution is -0.157. The van der Waals surface area contributed by atoms with Crippen LogP contribution in [0.1, 0.15) is 65.7 Å². The zero-order valence-corrected chi connectivity index (χ0v) is 20.9. The van der Waals surface area contributed by atoms with Crippen molar-refractivity contribution in [2.45, 2.75) is 77.4 Å². The summed E-state index contributed by atoms with van der Waals surface area (Å²) < 4.78 is 35.7. The first kappa shape index (κ1) is 25.3. The van der Waals surface area contributed by atoms with E-state index >= 15 is 0 Å². The van der Waals surface area contributed by atoms with Crippen LogP contribution >= 0.6 is 11.6 Å². The molecule has 0 aliphatic heterocycles. The van der Waals surface area contributed by atoms with Crippen molar-refractivity contribution >= 4 is 29.0 Å². The normalized spacial score (nSPS) is 18.6. The molecule has 1 aliphatic rings. The molecular weight excluding hydrogens is 476 g/mol. The van der Waals surface area contributed by atoms with Gasteiger partial charge in [-0.25, -0.2) is 19.3 Å². The van der Waals surface area contributed by atoms with Crippen LogP contribution in [-0.4, -0.2) is 37.0 Å². The van der Waals surface area contributed by atoms with Gasteiger partial charge < -0.3 is 10.1 Å². The molecule has 35 heavy (non-hydrogen) atoms. The number of esters is 1. The Morgan fingerprint density at radius 2 is 2.09 bits per heavy atom. The van der Waals surface area contributed by atoms with Gasteiger partial charge in [-0.2, -0.15) is 4.39 Å². The molecule has 1 N–H and O–H groups in total. The van der Waals surface area contributed by atoms with Crippen LogP contribution in [0.2, 0.25) is 5.15 Å². The minimum absolute atomic E-state index is 0.00103. The van der Waals surface area contributed by atoms with Gasteiger partial charge in [0.1, 0.15) is 22.8 Å². The highest BCUT2D eigenvalue weighted by atomic mass is 35.5. The Labute approximate surface area is 208 Å². The second-order valence-electron chi connectivity index (χ2n) is 9.72. The number of nitrogens with one attached hydrogen (secondary N) is 1. The summed E-state index contributed by atoms with van der Waals surface area (Å²) in [6, 6.07) is 2.82. The molecule has 0 bridgehead atoms. The second-order valence-corrected chi connectivity index (χ2v) is 10.1. The van der Waals surface area contributed by atoms with E-state index in [-0.39, 0.29) is 28.8 Å². The molecule has 0 aromatic carbocycles. The van der Waals surface area contributed by atoms with Crippen LogP contribution in [0, 0.1) is 17.6 Å². The van der Waals surface area contributed by atoms with E-state index in [1.165, 1.54) is 28.9 Å². The van der Waals surface area contributed by atoms with Gasteiger partial charge in [0, 0.05) is 18.7 Å². The fraction of sp³-hybridized carbons (Fsp3) is 0.520. The number of aromatic nitrogens is 4. The smallest absolute Gasteiger partial charge is 0.306 e. The van der Waals surface area contributed by atoms with Crippen molar-refractivity contribution in [2.75, 3.05) is 5.32 Å². The quantitative estimate of drug-likeness (QED) is 0.290. The maximum Gasteiger partial charge on any atom is 0.306 e. The van der Waals surface area contributed by atoms with Gasteiger partial charge in [0.2, 0.25) is 5.82 Å². The van der Waals surface area contributed by atoms with E-state index in [1.54, 1.807) is 0 Å². The number of rotatable bonds is 8. The van der Waals surface area contributed by atoms with Gasteiger partial charge in [-0.15, -0.1) is 0 Å². The number of halogens is 3. The number of anilines is 1. The molecule has 1 saturated carbocycles. The summed E-state index contributed by atoms with van der Waals surface area (Å²) in [5, 5.41) is 2.86. The Morgan fingerprint density at radius 1 is 1.29 bits per heavy atom. The van der Waals surface area contributed by atoms with Crippen molar-refractivity contribution in [3.05, 3.63) is 41.3 Å². The zero-order valence-electron chi connectivity index (χ0n) is 20.2. The molecule has 3 aromatic heterocycles. The molecule has 0 amide bonds. The van der Waals surface area contributed by atoms with Gasteiger partial charge in [-0.3, -0.25) is 9.20 Å². The Hall–Kier alpha value is -2.81. The predicted molar refractivity (Wildman–Crippen MR) is 130 cm³/mol. The van der Waals surface area contributed by atoms with E-state index in [0.29, 0.717) is 23.7 Å². The summed E-state index contributed by atoms with van der Waals surface area (Å²) in [5.74, 6) is -0.900. The average molecular weight is 506 g/mol. The molecule has 7 nitrogen and oxygen atoms in total. The van der Waals surface area contributed by atoms with Crippen LogP contribution in [-0.2, 0) is 9.53 Å². The Kier molecular flexibility index (Phi) is 7.54. The maximum absolute atomic E-state index is 14.8. The number of hydrogen-bond acceptors (Lipinski definition) is 6. The summed E-state index contributed by atoms with van der Waals surface area (Å²) in [6.45, 7) is 5.80. The topological polar surface area (TPSA) is 81.4 Å². The van der Waals surface area contributed by atoms with Crippen molar-refractivity contribution in [1.29, 1.82) is 0 Å². The Bertz CT molecular complexity index is 1220. The van der Waals surface area contributed by atoms with Gasteiger partial charge >= 0.3 is 5.97 Å². The van der Waals surface area contributed by atoms with Crippen LogP contribution < -0.4 is 5.32 Å². The van der Waals surface area contributed by atoms with Gasteiger partial charge in [0.05, 0.1) is 6.20 Å². The van der Waals surface area contributed by atoms with E-state index in [0.717, 1.165) is 38.5 Å². The molecule has 4 rings (SSSR count). The Balaban J connectivity index is 1.45. The van der Waals surface area contributed by atoms with Gasteiger partial charge in [-0.05, 0) is 57.6 Å². The number of ether oxygens (including phenoxy) is 1. The molecule has 10 heteroatoms. The molecule has 1 fully saturated rings. The molecule has 0 saturated heterocycles. The predicted octanol–water partition coefficient (Wildman–Crippen LogP) is 6.21. The summed E-state index contributed by atoms with van der Waals surface area (Å²) in [7, 11) is 0. The summed E-state index contributed by atoms with van der Waals surface area (Å²) >= 11 is 6.09. The van der Waals surface area contributed by atoms with E-state index in [9.17, 15) is 13.6 Å². The molecule has 2 unspecified atom stereocenters. The second kappa shape index (κ2) is 10.4. The van der Waals surface area contributed by atoms with E-state index < -0.39 is 17.2 Å². The van der Waals surface area contributed by atoms with Crippen molar-refractivity contribution in [3.8, 4) is 11.5 Å². The van der Waals surface area contributed by atoms with Crippen molar-refractivity contribution < 1.29 is 18.3 Å². The number of imidazole rings is 1. The first-order valence-corrected chi connectivity index (χ1v) is 12.4. The van der Waals surface area contributed by atoms with E-state index in [2.05, 4.69) is 20.3 Å². The molecule has 2 atom stereocenters. The number of carbonyl (C=O) groups excluding carboxylic acids is 1. The van der Waals surface area contributed by atoms with Crippen LogP contribution in [0.5, 0.6) is 0 Å². The lowest BCUT2D eigenvalue weighted by atomic mass is 9.83. The third-order valence-electron chi connectivity index (χ3n) is 6.63. The van der Waals surface area contributed by atoms with E-state index in [1.807, 2.05) is 20.8 Å². The van der Waals surface area contributed by atoms with Crippen LogP contribution in [0.15, 0.2) is 24.5 Å². The van der Waals surface area contributed by atoms with Crippen LogP contribution in [0.25, 0.3) is 17.2 Å². The highest BCUT2D eigenvalue weighted by Crippen LogP contribution is 2.32. The first-order chi connectivity index (χ1) is 16.6. The van der Waals surface area contributed by atoms with Crippen molar-refractivity contribution in [3.63, 3.8) is 0 Å². The zero-order chi connectivity index (χ0) is 25.2. The molecular formula is C25H30ClF2N5O2. The van der Waals surface area contributed by atoms with E-state index in [4.69, 9.17) is 16.3 Å². The van der Waals surface area contributed by atoms with Crippen LogP contribution in [0.3, 0.4) is 0 Å². The van der Waals surface area contributed by atoms with Crippen molar-refractivity contribution in [1.82, 2.24) is 19.4 Å². The van der Waals surface area contributed by atoms with Crippen LogP contribution in [0.4, 0.5) is 14.6 Å². The minimum Gasteiger partial charge on any atom is -0.460 e. The number of carbonyl (C=O) groups is 1. The molecule has 188 valence electrons. The fourth-order valence-corrected chi connectivity index (χ4v) is 4.55. The van der Waals surface area contributed by atoms with Gasteiger partial charge in [-0.1, -0.05) is 31.4 Å². The number of fused-ring (bicyclic) bond motifs is 1. The fourth-order valence-electron chi connectivity index (χ4n) is 4.38. The SMILES string of the molecule is CCC(C)(C)OC(=O)CCC1CCCC(Nc2nc(-c3cnc4ccc(F)cn34)nc(Cl)c2F)C1. The molecule has 0 radical (unpaired) electrons. The lowest BCUT2D eigenvalue weighted by Gasteiger charge is -2.30. The maximum atomic E-state index is 14.8. The Morgan fingerprint density at radius 3 is 2.86 bits per heavy atom. The number of nitrogens with zero attached hydrogens (tertiary/aromatic N) is 4. The average Bonchev–Trinajstić information content (AvgIpc) is 3.23.